The zero-order valence-corrected chi connectivity index (χ0v) is 28.3. The fraction of sp³-hybridized carbons (Fsp3) is 0.333. The van der Waals surface area contributed by atoms with Gasteiger partial charge in [0.05, 0.1) is 16.1 Å². The van der Waals surface area contributed by atoms with E-state index in [9.17, 15) is 0 Å². The van der Waals surface area contributed by atoms with E-state index in [2.05, 4.69) is 137 Å². The molecule has 0 aliphatic carbocycles. The average molecular weight is 591 g/mol. The van der Waals surface area contributed by atoms with E-state index in [1.165, 1.54) is 43.0 Å². The molecule has 4 aromatic rings. The van der Waals surface area contributed by atoms with Crippen LogP contribution in [0.4, 0.5) is 0 Å². The first-order valence-corrected chi connectivity index (χ1v) is 21.1. The summed E-state index contributed by atoms with van der Waals surface area (Å²) in [6.07, 6.45) is 0. The van der Waals surface area contributed by atoms with Crippen LogP contribution in [0.1, 0.15) is 20.8 Å². The van der Waals surface area contributed by atoms with Gasteiger partial charge in [0.15, 0.2) is 0 Å². The van der Waals surface area contributed by atoms with Crippen LogP contribution >= 0.6 is 0 Å². The van der Waals surface area contributed by atoms with Crippen molar-refractivity contribution in [2.24, 2.45) is 0 Å². The number of hydrogen-bond acceptors (Lipinski definition) is 2. The topological polar surface area (TPSA) is 0 Å². The average Bonchev–Trinajstić information content (AvgIpc) is 2.71. The van der Waals surface area contributed by atoms with Crippen LogP contribution in [0.5, 0.6) is 0 Å². The van der Waals surface area contributed by atoms with E-state index >= 15 is 0 Å². The molecule has 0 fully saturated rings. The maximum atomic E-state index is 6.21. The van der Waals surface area contributed by atoms with E-state index in [0.717, 1.165) is 9.79 Å². The number of rotatable bonds is 3. The molecule has 5 heteroatoms. The number of fused-ring (bicyclic) bond motifs is 2. The summed E-state index contributed by atoms with van der Waals surface area (Å²) in [6.45, 7) is 20.8. The zero-order valence-electron chi connectivity index (χ0n) is 22.6. The molecule has 4 aromatic carbocycles. The molecule has 0 saturated carbocycles. The molecule has 0 unspecified atom stereocenters. The Hall–Kier alpha value is -1.18. The summed E-state index contributed by atoms with van der Waals surface area (Å²) in [4.78, 5) is 1.99. The molecule has 0 aliphatic rings. The van der Waals surface area contributed by atoms with Crippen molar-refractivity contribution in [3.63, 3.8) is 0 Å². The Labute approximate surface area is 234 Å². The van der Waals surface area contributed by atoms with Crippen LogP contribution in [0.2, 0.25) is 43.5 Å². The van der Waals surface area contributed by atoms with Crippen molar-refractivity contribution in [3.05, 3.63) is 60.7 Å². The van der Waals surface area contributed by atoms with Gasteiger partial charge in [0, 0.05) is 0 Å². The minimum Gasteiger partial charge on any atom is -0.779 e. The first-order valence-electron chi connectivity index (χ1n) is 12.2. The van der Waals surface area contributed by atoms with Gasteiger partial charge in [-0.2, -0.15) is 9.79 Å². The smallest absolute Gasteiger partial charge is 0.0756 e. The van der Waals surface area contributed by atoms with Crippen molar-refractivity contribution in [1.82, 2.24) is 0 Å². The van der Waals surface area contributed by atoms with Crippen molar-refractivity contribution >= 4 is 89.8 Å². The second-order valence-electron chi connectivity index (χ2n) is 12.4. The van der Waals surface area contributed by atoms with Crippen LogP contribution in [0.15, 0.2) is 70.5 Å². The molecule has 0 amide bonds. The van der Waals surface area contributed by atoms with Crippen molar-refractivity contribution in [3.8, 4) is 11.1 Å². The van der Waals surface area contributed by atoms with Gasteiger partial charge in [0.1, 0.15) is 0 Å². The molecule has 0 N–H and O–H groups in total. The third-order valence-electron chi connectivity index (χ3n) is 5.87. The molecule has 35 heavy (non-hydrogen) atoms. The molecule has 0 nitrogen and oxygen atoms in total. The Kier molecular flexibility index (Phi) is 8.35. The van der Waals surface area contributed by atoms with Crippen LogP contribution in [0.25, 0.3) is 32.7 Å². The van der Waals surface area contributed by atoms with Crippen LogP contribution < -0.4 is 10.4 Å². The predicted molar refractivity (Wildman–Crippen MR) is 170 cm³/mol. The van der Waals surface area contributed by atoms with E-state index in [0.29, 0.717) is 4.25 Å². The van der Waals surface area contributed by atoms with E-state index in [1.54, 1.807) is 0 Å². The maximum absolute atomic E-state index is 6.21. The molecule has 4 rings (SSSR count). The molecule has 183 valence electrons. The van der Waals surface area contributed by atoms with E-state index in [1.807, 2.05) is 0 Å². The second-order valence-corrected chi connectivity index (χ2v) is 26.5. The van der Waals surface area contributed by atoms with Gasteiger partial charge < -0.3 is 25.3 Å². The first-order chi connectivity index (χ1) is 16.0. The van der Waals surface area contributed by atoms with E-state index < -0.39 is 16.1 Å². The standard InChI is InChI=1S/C26H30S2Si2.C4H9Ge/c1-29(2,3)21-15-17-11-7-9-13-19(17)23(25(21)27)24-20-14-10-8-12-18(20)16-22(26(24)28)30(4,5)6;1-4(2,3)5/h7-16,27-28H,1-6H3;1-3H3/p-2. The summed E-state index contributed by atoms with van der Waals surface area (Å²) in [7, 11) is -3.25. The molecular formula is C30H37GeS2Si2-2. The summed E-state index contributed by atoms with van der Waals surface area (Å²) in [5.74, 6) is 0. The molecule has 0 saturated heterocycles. The Morgan fingerprint density at radius 3 is 1.17 bits per heavy atom. The van der Waals surface area contributed by atoms with Crippen LogP contribution in [0, 0.1) is 0 Å². The van der Waals surface area contributed by atoms with Crippen molar-refractivity contribution < 1.29 is 0 Å². The zero-order chi connectivity index (χ0) is 26.3. The summed E-state index contributed by atoms with van der Waals surface area (Å²) in [5, 5.41) is 7.65. The molecule has 0 heterocycles. The van der Waals surface area contributed by atoms with Gasteiger partial charge in [-0.05, 0) is 32.7 Å². The number of hydrogen-bond donors (Lipinski definition) is 0. The quantitative estimate of drug-likeness (QED) is 0.176. The van der Waals surface area contributed by atoms with Gasteiger partial charge in [-0.15, -0.1) is 0 Å². The fourth-order valence-electron chi connectivity index (χ4n) is 4.27. The van der Waals surface area contributed by atoms with Crippen molar-refractivity contribution in [1.29, 1.82) is 0 Å². The summed E-state index contributed by atoms with van der Waals surface area (Å²) < 4.78 is 0.500. The Morgan fingerprint density at radius 2 is 0.886 bits per heavy atom. The molecular weight excluding hydrogens is 553 g/mol. The minimum atomic E-state index is -1.62. The predicted octanol–water partition coefficient (Wildman–Crippen LogP) is 7.94. The molecule has 0 bridgehead atoms. The van der Waals surface area contributed by atoms with E-state index in [-0.39, 0.29) is 0 Å². The maximum Gasteiger partial charge on any atom is 0.0756 e. The largest absolute Gasteiger partial charge is 0.779 e. The Bertz CT molecular complexity index is 1270. The third-order valence-corrected chi connectivity index (χ3v) is 11.1. The summed E-state index contributed by atoms with van der Waals surface area (Å²) >= 11 is 14.6. The SMILES string of the molecule is C[C](C)(C)[Ge].C[Si](C)(C)c1cc2ccccc2c(-c2c([S-])c([Si](C)(C)C)cc3ccccc23)c1[S-]. The summed E-state index contributed by atoms with van der Waals surface area (Å²) in [6, 6.07) is 22.0. The van der Waals surface area contributed by atoms with Crippen LogP contribution in [0.3, 0.4) is 0 Å². The van der Waals surface area contributed by atoms with Crippen LogP contribution in [-0.2, 0) is 25.3 Å². The molecule has 0 spiro atoms. The molecule has 0 atom stereocenters. The fourth-order valence-corrected chi connectivity index (χ4v) is 9.44. The van der Waals surface area contributed by atoms with Crippen molar-refractivity contribution in [2.45, 2.75) is 74.1 Å². The minimum absolute atomic E-state index is 0.500. The number of benzene rings is 4. The van der Waals surface area contributed by atoms with E-state index in [4.69, 9.17) is 25.3 Å². The Morgan fingerprint density at radius 1 is 0.600 bits per heavy atom. The van der Waals surface area contributed by atoms with Gasteiger partial charge in [0.2, 0.25) is 0 Å². The van der Waals surface area contributed by atoms with Gasteiger partial charge in [-0.1, -0.05) is 110 Å². The second kappa shape index (κ2) is 10.3. The van der Waals surface area contributed by atoms with Gasteiger partial charge >= 0.3 is 41.5 Å². The Balaban J connectivity index is 0.000000623. The molecule has 3 radical (unpaired) electrons. The van der Waals surface area contributed by atoms with Crippen molar-refractivity contribution in [2.75, 3.05) is 0 Å². The molecule has 0 aliphatic heterocycles. The van der Waals surface area contributed by atoms with Gasteiger partial charge in [0.25, 0.3) is 0 Å². The van der Waals surface area contributed by atoms with Crippen LogP contribution in [-0.4, -0.2) is 32.7 Å². The molecule has 0 aromatic heterocycles. The first kappa shape index (κ1) is 28.4. The monoisotopic (exact) mass is 591 g/mol. The van der Waals surface area contributed by atoms with Gasteiger partial charge in [-0.3, -0.25) is 0 Å². The normalized spacial score (nSPS) is 12.5. The van der Waals surface area contributed by atoms with Gasteiger partial charge in [-0.25, -0.2) is 0 Å². The third kappa shape index (κ3) is 6.58. The summed E-state index contributed by atoms with van der Waals surface area (Å²) in [5.41, 5.74) is 2.34.